The topological polar surface area (TPSA) is 88.4 Å². The summed E-state index contributed by atoms with van der Waals surface area (Å²) in [6, 6.07) is 20.6. The van der Waals surface area contributed by atoms with Crippen LogP contribution in [-0.2, 0) is 23.1 Å². The van der Waals surface area contributed by atoms with Gasteiger partial charge in [-0.15, -0.1) is 11.3 Å². The Morgan fingerprint density at radius 1 is 1.06 bits per heavy atom. The lowest BCUT2D eigenvalue weighted by Gasteiger charge is -2.10. The fourth-order valence-corrected chi connectivity index (χ4v) is 4.54. The van der Waals surface area contributed by atoms with Gasteiger partial charge in [0, 0.05) is 20.5 Å². The van der Waals surface area contributed by atoms with Gasteiger partial charge in [-0.25, -0.2) is 18.1 Å². The van der Waals surface area contributed by atoms with Gasteiger partial charge in [0.25, 0.3) is 0 Å². The van der Waals surface area contributed by atoms with Crippen LogP contribution in [0.1, 0.15) is 10.6 Å². The van der Waals surface area contributed by atoms with Crippen LogP contribution in [0.4, 0.5) is 0 Å². The molecule has 0 atom stereocenters. The van der Waals surface area contributed by atoms with E-state index in [9.17, 15) is 8.42 Å². The van der Waals surface area contributed by atoms with Crippen molar-refractivity contribution >= 4 is 50.5 Å². The van der Waals surface area contributed by atoms with Crippen molar-refractivity contribution < 1.29 is 8.42 Å². The maximum Gasteiger partial charge on any atom is 0.232 e. The standard InChI is InChI=1S/C23H21Cl2N5O2S2/c1-34(31,32)29-23(27-15-21-3-2-12-33-21)26-14-19-13-22(16-4-6-17(24)7-5-16)30(28-19)20-10-8-18(25)9-11-20/h2-13H,14-15H2,1H3,(H2,26,27,29). The summed E-state index contributed by atoms with van der Waals surface area (Å²) >= 11 is 13.7. The van der Waals surface area contributed by atoms with Gasteiger partial charge in [-0.2, -0.15) is 5.10 Å². The fourth-order valence-electron chi connectivity index (χ4n) is 3.16. The monoisotopic (exact) mass is 533 g/mol. The molecule has 0 aliphatic rings. The lowest BCUT2D eigenvalue weighted by molar-refractivity contribution is 0.597. The van der Waals surface area contributed by atoms with Crippen LogP contribution >= 0.6 is 34.5 Å². The first-order chi connectivity index (χ1) is 16.3. The number of aliphatic imine (C=N–C) groups is 1. The molecule has 0 spiro atoms. The van der Waals surface area contributed by atoms with Gasteiger partial charge in [-0.3, -0.25) is 4.72 Å². The first kappa shape index (κ1) is 24.3. The molecule has 34 heavy (non-hydrogen) atoms. The molecule has 0 radical (unpaired) electrons. The molecule has 2 heterocycles. The van der Waals surface area contributed by atoms with Crippen LogP contribution in [0, 0.1) is 0 Å². The van der Waals surface area contributed by atoms with E-state index in [-0.39, 0.29) is 12.5 Å². The second-order valence-electron chi connectivity index (χ2n) is 7.39. The maximum atomic E-state index is 11.8. The van der Waals surface area contributed by atoms with Crippen LogP contribution in [0.2, 0.25) is 10.0 Å². The van der Waals surface area contributed by atoms with Crippen molar-refractivity contribution in [1.82, 2.24) is 19.8 Å². The molecule has 176 valence electrons. The van der Waals surface area contributed by atoms with Crippen molar-refractivity contribution in [2.45, 2.75) is 13.1 Å². The second-order valence-corrected chi connectivity index (χ2v) is 11.0. The SMILES string of the molecule is CS(=O)(=O)NC(=NCc1cc(-c2ccc(Cl)cc2)n(-c2ccc(Cl)cc2)n1)NCc1cccs1. The number of rotatable bonds is 7. The van der Waals surface area contributed by atoms with E-state index in [1.165, 1.54) is 0 Å². The molecule has 0 fully saturated rings. The van der Waals surface area contributed by atoms with E-state index < -0.39 is 10.0 Å². The smallest absolute Gasteiger partial charge is 0.232 e. The predicted molar refractivity (Wildman–Crippen MR) is 139 cm³/mol. The molecule has 0 saturated carbocycles. The van der Waals surface area contributed by atoms with Crippen LogP contribution in [-0.4, -0.2) is 30.4 Å². The molecule has 4 aromatic rings. The van der Waals surface area contributed by atoms with Crippen molar-refractivity contribution in [3.8, 4) is 16.9 Å². The number of nitrogens with zero attached hydrogens (tertiary/aromatic N) is 3. The van der Waals surface area contributed by atoms with E-state index in [2.05, 4.69) is 15.0 Å². The molecule has 7 nitrogen and oxygen atoms in total. The molecule has 0 aliphatic heterocycles. The number of hydrogen-bond donors (Lipinski definition) is 2. The van der Waals surface area contributed by atoms with Crippen LogP contribution in [0.3, 0.4) is 0 Å². The quantitative estimate of drug-likeness (QED) is 0.255. The van der Waals surface area contributed by atoms with Crippen molar-refractivity contribution in [3.63, 3.8) is 0 Å². The van der Waals surface area contributed by atoms with Gasteiger partial charge < -0.3 is 5.32 Å². The molecular weight excluding hydrogens is 513 g/mol. The molecular formula is C23H21Cl2N5O2S2. The molecule has 0 amide bonds. The average Bonchev–Trinajstić information content (AvgIpc) is 3.46. The number of hydrogen-bond acceptors (Lipinski definition) is 5. The van der Waals surface area contributed by atoms with Gasteiger partial charge in [0.2, 0.25) is 16.0 Å². The van der Waals surface area contributed by atoms with E-state index in [1.807, 2.05) is 60.0 Å². The summed E-state index contributed by atoms with van der Waals surface area (Å²) in [6.07, 6.45) is 1.09. The summed E-state index contributed by atoms with van der Waals surface area (Å²) < 4.78 is 27.9. The Balaban J connectivity index is 1.65. The molecule has 2 aromatic carbocycles. The van der Waals surface area contributed by atoms with Crippen molar-refractivity contribution in [2.75, 3.05) is 6.26 Å². The number of sulfonamides is 1. The minimum atomic E-state index is -3.51. The number of guanidine groups is 1. The summed E-state index contributed by atoms with van der Waals surface area (Å²) in [5.74, 6) is 0.157. The Morgan fingerprint density at radius 3 is 2.35 bits per heavy atom. The Morgan fingerprint density at radius 2 is 1.74 bits per heavy atom. The van der Waals surface area contributed by atoms with Crippen molar-refractivity contribution in [2.24, 2.45) is 4.99 Å². The molecule has 0 aliphatic carbocycles. The van der Waals surface area contributed by atoms with Crippen LogP contribution < -0.4 is 10.0 Å². The molecule has 4 rings (SSSR count). The highest BCUT2D eigenvalue weighted by Gasteiger charge is 2.13. The van der Waals surface area contributed by atoms with Gasteiger partial charge in [0.1, 0.15) is 0 Å². The Labute approximate surface area is 212 Å². The zero-order valence-corrected chi connectivity index (χ0v) is 21.2. The highest BCUT2D eigenvalue weighted by atomic mass is 35.5. The summed E-state index contributed by atoms with van der Waals surface area (Å²) in [6.45, 7) is 0.616. The summed E-state index contributed by atoms with van der Waals surface area (Å²) in [4.78, 5) is 5.51. The lowest BCUT2D eigenvalue weighted by Crippen LogP contribution is -2.40. The number of benzene rings is 2. The molecule has 11 heteroatoms. The molecule has 0 bridgehead atoms. The van der Waals surface area contributed by atoms with E-state index in [0.29, 0.717) is 22.3 Å². The summed E-state index contributed by atoms with van der Waals surface area (Å²) in [5, 5.41) is 11.0. The third-order valence-corrected chi connectivity index (χ3v) is 6.61. The van der Waals surface area contributed by atoms with E-state index in [0.717, 1.165) is 28.1 Å². The normalized spacial score (nSPS) is 12.0. The van der Waals surface area contributed by atoms with Crippen LogP contribution in [0.5, 0.6) is 0 Å². The summed E-state index contributed by atoms with van der Waals surface area (Å²) in [5.41, 5.74) is 3.25. The van der Waals surface area contributed by atoms with Crippen LogP contribution in [0.25, 0.3) is 16.9 Å². The van der Waals surface area contributed by atoms with Gasteiger partial charge in [0.05, 0.1) is 36.4 Å². The molecule has 2 N–H and O–H groups in total. The molecule has 0 unspecified atom stereocenters. The summed E-state index contributed by atoms with van der Waals surface area (Å²) in [7, 11) is -3.51. The van der Waals surface area contributed by atoms with Gasteiger partial charge in [0.15, 0.2) is 0 Å². The largest absolute Gasteiger partial charge is 0.351 e. The molecule has 2 aromatic heterocycles. The number of nitrogens with one attached hydrogen (secondary N) is 2. The minimum absolute atomic E-state index is 0.157. The third-order valence-electron chi connectivity index (χ3n) is 4.66. The third kappa shape index (κ3) is 6.60. The first-order valence-electron chi connectivity index (χ1n) is 10.2. The predicted octanol–water partition coefficient (Wildman–Crippen LogP) is 5.10. The van der Waals surface area contributed by atoms with Crippen molar-refractivity contribution in [3.05, 3.63) is 92.7 Å². The Hall–Kier alpha value is -2.85. The molecule has 0 saturated heterocycles. The zero-order valence-electron chi connectivity index (χ0n) is 18.1. The highest BCUT2D eigenvalue weighted by molar-refractivity contribution is 7.89. The van der Waals surface area contributed by atoms with E-state index >= 15 is 0 Å². The maximum absolute atomic E-state index is 11.8. The van der Waals surface area contributed by atoms with Crippen molar-refractivity contribution in [1.29, 1.82) is 0 Å². The lowest BCUT2D eigenvalue weighted by atomic mass is 10.1. The van der Waals surface area contributed by atoms with Gasteiger partial charge in [-0.05, 0) is 53.9 Å². The van der Waals surface area contributed by atoms with Crippen LogP contribution in [0.15, 0.2) is 77.1 Å². The Bertz CT molecular complexity index is 1320. The van der Waals surface area contributed by atoms with E-state index in [1.54, 1.807) is 28.2 Å². The minimum Gasteiger partial charge on any atom is -0.351 e. The first-order valence-corrected chi connectivity index (χ1v) is 13.7. The van der Waals surface area contributed by atoms with Gasteiger partial charge >= 0.3 is 0 Å². The van der Waals surface area contributed by atoms with E-state index in [4.69, 9.17) is 28.3 Å². The fraction of sp³-hybridized carbons (Fsp3) is 0.130. The number of thiophene rings is 1. The highest BCUT2D eigenvalue weighted by Crippen LogP contribution is 2.26. The Kier molecular flexibility index (Phi) is 7.57. The number of aromatic nitrogens is 2. The van der Waals surface area contributed by atoms with Gasteiger partial charge in [-0.1, -0.05) is 41.4 Å². The zero-order chi connectivity index (χ0) is 24.1. The second kappa shape index (κ2) is 10.6. The average molecular weight is 534 g/mol. The number of halogens is 2.